The summed E-state index contributed by atoms with van der Waals surface area (Å²) in [4.78, 5) is 18.5. The zero-order chi connectivity index (χ0) is 20.2. The SMILES string of the molecule is CCNC(=NCc1cccc(CN2CCCC(C(N)=O)C2)c1)NCCOCC.I. The summed E-state index contributed by atoms with van der Waals surface area (Å²) in [6, 6.07) is 8.50. The van der Waals surface area contributed by atoms with E-state index in [0.29, 0.717) is 13.2 Å². The third-order valence-electron chi connectivity index (χ3n) is 4.81. The number of nitrogens with one attached hydrogen (secondary N) is 2. The lowest BCUT2D eigenvalue weighted by Gasteiger charge is -2.31. The van der Waals surface area contributed by atoms with Gasteiger partial charge in [-0.2, -0.15) is 0 Å². The molecule has 1 saturated heterocycles. The van der Waals surface area contributed by atoms with Crippen LogP contribution in [-0.2, 0) is 22.6 Å². The van der Waals surface area contributed by atoms with Gasteiger partial charge < -0.3 is 21.1 Å². The lowest BCUT2D eigenvalue weighted by atomic mass is 9.97. The molecule has 0 spiro atoms. The minimum Gasteiger partial charge on any atom is -0.380 e. The molecule has 1 heterocycles. The number of carbonyl (C=O) groups is 1. The zero-order valence-corrected chi connectivity index (χ0v) is 20.0. The lowest BCUT2D eigenvalue weighted by molar-refractivity contribution is -0.123. The molecule has 2 rings (SSSR count). The lowest BCUT2D eigenvalue weighted by Crippen LogP contribution is -2.40. The molecule has 29 heavy (non-hydrogen) atoms. The molecule has 1 amide bonds. The highest BCUT2D eigenvalue weighted by atomic mass is 127. The summed E-state index contributed by atoms with van der Waals surface area (Å²) in [7, 11) is 0. The first kappa shape index (κ1) is 25.6. The van der Waals surface area contributed by atoms with E-state index in [1.54, 1.807) is 0 Å². The van der Waals surface area contributed by atoms with Crippen LogP contribution in [0.4, 0.5) is 0 Å². The molecule has 0 aromatic heterocycles. The van der Waals surface area contributed by atoms with E-state index in [0.717, 1.165) is 58.1 Å². The van der Waals surface area contributed by atoms with Crippen LogP contribution in [0.25, 0.3) is 0 Å². The number of guanidine groups is 1. The Bertz CT molecular complexity index is 641. The number of likely N-dealkylation sites (tertiary alicyclic amines) is 1. The third-order valence-corrected chi connectivity index (χ3v) is 4.81. The molecule has 0 bridgehead atoms. The first-order valence-electron chi connectivity index (χ1n) is 10.3. The van der Waals surface area contributed by atoms with E-state index in [2.05, 4.69) is 51.7 Å². The number of benzene rings is 1. The molecule has 0 aliphatic carbocycles. The van der Waals surface area contributed by atoms with Crippen molar-refractivity contribution >= 4 is 35.8 Å². The first-order chi connectivity index (χ1) is 13.6. The average molecular weight is 517 g/mol. The van der Waals surface area contributed by atoms with Crippen molar-refractivity contribution in [2.75, 3.05) is 39.4 Å². The molecular weight excluding hydrogens is 481 g/mol. The largest absolute Gasteiger partial charge is 0.380 e. The predicted octanol–water partition coefficient (Wildman–Crippen LogP) is 2.09. The number of primary amides is 1. The van der Waals surface area contributed by atoms with E-state index < -0.39 is 0 Å². The maximum absolute atomic E-state index is 11.5. The Morgan fingerprint density at radius 1 is 1.31 bits per heavy atom. The number of nitrogens with zero attached hydrogens (tertiary/aromatic N) is 2. The number of hydrogen-bond acceptors (Lipinski definition) is 4. The molecule has 1 fully saturated rings. The van der Waals surface area contributed by atoms with Crippen LogP contribution in [0.3, 0.4) is 0 Å². The van der Waals surface area contributed by atoms with Gasteiger partial charge in [-0.25, -0.2) is 4.99 Å². The van der Waals surface area contributed by atoms with Gasteiger partial charge in [-0.05, 0) is 44.4 Å². The fraction of sp³-hybridized carbons (Fsp3) is 0.619. The molecule has 8 heteroatoms. The van der Waals surface area contributed by atoms with Crippen LogP contribution in [0.15, 0.2) is 29.3 Å². The normalized spacial score (nSPS) is 17.4. The van der Waals surface area contributed by atoms with Crippen LogP contribution in [0.1, 0.15) is 37.8 Å². The Morgan fingerprint density at radius 3 is 2.83 bits per heavy atom. The van der Waals surface area contributed by atoms with Crippen molar-refractivity contribution in [1.82, 2.24) is 15.5 Å². The topological polar surface area (TPSA) is 92.0 Å². The van der Waals surface area contributed by atoms with E-state index in [9.17, 15) is 4.79 Å². The van der Waals surface area contributed by atoms with Gasteiger partial charge in [0.05, 0.1) is 19.1 Å². The van der Waals surface area contributed by atoms with Gasteiger partial charge >= 0.3 is 0 Å². The minimum atomic E-state index is -0.180. The number of hydrogen-bond donors (Lipinski definition) is 3. The monoisotopic (exact) mass is 517 g/mol. The van der Waals surface area contributed by atoms with E-state index >= 15 is 0 Å². The van der Waals surface area contributed by atoms with Gasteiger partial charge in [0.1, 0.15) is 0 Å². The summed E-state index contributed by atoms with van der Waals surface area (Å²) in [5, 5.41) is 6.54. The number of ether oxygens (including phenoxy) is 1. The number of carbonyl (C=O) groups excluding carboxylic acids is 1. The maximum Gasteiger partial charge on any atom is 0.221 e. The van der Waals surface area contributed by atoms with Crippen molar-refractivity contribution in [2.24, 2.45) is 16.6 Å². The van der Waals surface area contributed by atoms with Gasteiger partial charge in [-0.15, -0.1) is 24.0 Å². The van der Waals surface area contributed by atoms with Gasteiger partial charge in [-0.1, -0.05) is 24.3 Å². The van der Waals surface area contributed by atoms with Crippen LogP contribution in [0, 0.1) is 5.92 Å². The standard InChI is InChI=1S/C21H35N5O2.HI/c1-3-23-21(24-10-12-28-4-2)25-14-17-7-5-8-18(13-17)15-26-11-6-9-19(16-26)20(22)27;/h5,7-8,13,19H,3-4,6,9-12,14-16H2,1-2H3,(H2,22,27)(H2,23,24,25);1H. The Morgan fingerprint density at radius 2 is 2.10 bits per heavy atom. The Labute approximate surface area is 191 Å². The number of rotatable bonds is 10. The molecule has 7 nitrogen and oxygen atoms in total. The summed E-state index contributed by atoms with van der Waals surface area (Å²) in [6.45, 7) is 10.2. The summed E-state index contributed by atoms with van der Waals surface area (Å²) < 4.78 is 5.36. The van der Waals surface area contributed by atoms with Gasteiger partial charge in [-0.3, -0.25) is 9.69 Å². The van der Waals surface area contributed by atoms with Crippen molar-refractivity contribution in [2.45, 2.75) is 39.8 Å². The number of piperidine rings is 1. The van der Waals surface area contributed by atoms with E-state index in [1.807, 2.05) is 6.92 Å². The first-order valence-corrected chi connectivity index (χ1v) is 10.3. The highest BCUT2D eigenvalue weighted by Gasteiger charge is 2.23. The van der Waals surface area contributed by atoms with Crippen LogP contribution >= 0.6 is 24.0 Å². The molecule has 0 radical (unpaired) electrons. The second-order valence-corrected chi connectivity index (χ2v) is 7.12. The van der Waals surface area contributed by atoms with Gasteiger partial charge in [0, 0.05) is 32.8 Å². The molecule has 1 aliphatic heterocycles. The van der Waals surface area contributed by atoms with Gasteiger partial charge in [0.25, 0.3) is 0 Å². The van der Waals surface area contributed by atoms with Crippen molar-refractivity contribution < 1.29 is 9.53 Å². The summed E-state index contributed by atoms with van der Waals surface area (Å²) >= 11 is 0. The van der Waals surface area contributed by atoms with E-state index in [1.165, 1.54) is 11.1 Å². The van der Waals surface area contributed by atoms with Crippen molar-refractivity contribution in [3.05, 3.63) is 35.4 Å². The average Bonchev–Trinajstić information content (AvgIpc) is 2.70. The molecule has 1 aliphatic rings. The van der Waals surface area contributed by atoms with Gasteiger partial charge in [0.15, 0.2) is 5.96 Å². The smallest absolute Gasteiger partial charge is 0.221 e. The second kappa shape index (κ2) is 14.6. The molecular formula is C21H36IN5O2. The number of amides is 1. The van der Waals surface area contributed by atoms with E-state index in [4.69, 9.17) is 10.5 Å². The fourth-order valence-corrected chi connectivity index (χ4v) is 3.41. The maximum atomic E-state index is 11.5. The molecule has 4 N–H and O–H groups in total. The minimum absolute atomic E-state index is 0. The number of aliphatic imine (C=N–C) groups is 1. The van der Waals surface area contributed by atoms with E-state index in [-0.39, 0.29) is 35.8 Å². The van der Waals surface area contributed by atoms with Crippen molar-refractivity contribution in [1.29, 1.82) is 0 Å². The molecule has 164 valence electrons. The number of halogens is 1. The summed E-state index contributed by atoms with van der Waals surface area (Å²) in [6.07, 6.45) is 1.93. The van der Waals surface area contributed by atoms with Crippen LogP contribution < -0.4 is 16.4 Å². The third kappa shape index (κ3) is 9.77. The Hall–Kier alpha value is -1.39. The van der Waals surface area contributed by atoms with Crippen LogP contribution in [-0.4, -0.2) is 56.2 Å². The molecule has 1 aromatic carbocycles. The predicted molar refractivity (Wildman–Crippen MR) is 128 cm³/mol. The summed E-state index contributed by atoms with van der Waals surface area (Å²) in [5.74, 6) is 0.598. The molecule has 1 unspecified atom stereocenters. The highest BCUT2D eigenvalue weighted by Crippen LogP contribution is 2.19. The van der Waals surface area contributed by atoms with Crippen LogP contribution in [0.5, 0.6) is 0 Å². The fourth-order valence-electron chi connectivity index (χ4n) is 3.41. The van der Waals surface area contributed by atoms with Gasteiger partial charge in [0.2, 0.25) is 5.91 Å². The molecule has 0 saturated carbocycles. The number of nitrogens with two attached hydrogens (primary N) is 1. The van der Waals surface area contributed by atoms with Crippen LogP contribution in [0.2, 0.25) is 0 Å². The molecule has 1 aromatic rings. The zero-order valence-electron chi connectivity index (χ0n) is 17.7. The summed E-state index contributed by atoms with van der Waals surface area (Å²) in [5.41, 5.74) is 7.90. The Kier molecular flexibility index (Phi) is 12.9. The Balaban J connectivity index is 0.00000420. The van der Waals surface area contributed by atoms with Crippen molar-refractivity contribution in [3.8, 4) is 0 Å². The van der Waals surface area contributed by atoms with Crippen molar-refractivity contribution in [3.63, 3.8) is 0 Å². The highest BCUT2D eigenvalue weighted by molar-refractivity contribution is 14.0. The molecule has 1 atom stereocenters. The second-order valence-electron chi connectivity index (χ2n) is 7.12. The quantitative estimate of drug-likeness (QED) is 0.191.